The van der Waals surface area contributed by atoms with Gasteiger partial charge in [0.05, 0.1) is 5.92 Å². The standard InChI is InChI=1S/C17H19N3O/c21-17(20-10-13-6-8-18-9-7-13)16-12-19-11-15(16)14-4-2-1-3-5-14/h1-9,15-16,19H,10-12H2,(H,20,21)/t15-,16+/m1/s1. The summed E-state index contributed by atoms with van der Waals surface area (Å²) >= 11 is 0. The lowest BCUT2D eigenvalue weighted by molar-refractivity contribution is -0.125. The normalized spacial score (nSPS) is 21.1. The van der Waals surface area contributed by atoms with E-state index in [0.717, 1.165) is 18.7 Å². The molecule has 4 heteroatoms. The van der Waals surface area contributed by atoms with Crippen LogP contribution < -0.4 is 10.6 Å². The highest BCUT2D eigenvalue weighted by Gasteiger charge is 2.33. The van der Waals surface area contributed by atoms with Crippen molar-refractivity contribution in [1.29, 1.82) is 0 Å². The Labute approximate surface area is 124 Å². The van der Waals surface area contributed by atoms with Gasteiger partial charge in [0.1, 0.15) is 0 Å². The Balaban J connectivity index is 1.64. The second kappa shape index (κ2) is 6.50. The van der Waals surface area contributed by atoms with Crippen LogP contribution in [0, 0.1) is 5.92 Å². The van der Waals surface area contributed by atoms with E-state index in [9.17, 15) is 4.79 Å². The van der Waals surface area contributed by atoms with Gasteiger partial charge in [-0.25, -0.2) is 0 Å². The number of rotatable bonds is 4. The van der Waals surface area contributed by atoms with Crippen LogP contribution in [0.25, 0.3) is 0 Å². The van der Waals surface area contributed by atoms with E-state index in [1.54, 1.807) is 12.4 Å². The van der Waals surface area contributed by atoms with Crippen molar-refractivity contribution in [2.75, 3.05) is 13.1 Å². The lowest BCUT2D eigenvalue weighted by atomic mass is 9.88. The number of carbonyl (C=O) groups is 1. The van der Waals surface area contributed by atoms with Crippen LogP contribution in [0.5, 0.6) is 0 Å². The molecule has 3 rings (SSSR count). The second-order valence-corrected chi connectivity index (χ2v) is 5.36. The lowest BCUT2D eigenvalue weighted by Gasteiger charge is -2.18. The number of hydrogen-bond acceptors (Lipinski definition) is 3. The summed E-state index contributed by atoms with van der Waals surface area (Å²) in [6.45, 7) is 2.15. The molecular formula is C17H19N3O. The minimum atomic E-state index is -0.00534. The van der Waals surface area contributed by atoms with Crippen LogP contribution >= 0.6 is 0 Å². The van der Waals surface area contributed by atoms with Crippen LogP contribution in [0.15, 0.2) is 54.9 Å². The molecule has 2 atom stereocenters. The fraction of sp³-hybridized carbons (Fsp3) is 0.294. The highest BCUT2D eigenvalue weighted by molar-refractivity contribution is 5.80. The molecule has 0 radical (unpaired) electrons. The van der Waals surface area contributed by atoms with Gasteiger partial charge in [-0.2, -0.15) is 0 Å². The van der Waals surface area contributed by atoms with E-state index in [1.165, 1.54) is 5.56 Å². The largest absolute Gasteiger partial charge is 0.352 e. The van der Waals surface area contributed by atoms with Gasteiger partial charge in [0.15, 0.2) is 0 Å². The van der Waals surface area contributed by atoms with Crippen molar-refractivity contribution in [3.63, 3.8) is 0 Å². The molecule has 1 fully saturated rings. The average molecular weight is 281 g/mol. The van der Waals surface area contributed by atoms with Gasteiger partial charge in [-0.3, -0.25) is 9.78 Å². The number of nitrogens with zero attached hydrogens (tertiary/aromatic N) is 1. The van der Waals surface area contributed by atoms with Gasteiger partial charge in [0.25, 0.3) is 0 Å². The molecule has 1 aliphatic rings. The molecule has 0 bridgehead atoms. The molecule has 1 aromatic carbocycles. The minimum Gasteiger partial charge on any atom is -0.352 e. The van der Waals surface area contributed by atoms with Crippen LogP contribution in [-0.2, 0) is 11.3 Å². The van der Waals surface area contributed by atoms with Crippen molar-refractivity contribution < 1.29 is 4.79 Å². The van der Waals surface area contributed by atoms with Crippen LogP contribution in [0.4, 0.5) is 0 Å². The van der Waals surface area contributed by atoms with E-state index < -0.39 is 0 Å². The Morgan fingerprint density at radius 2 is 1.90 bits per heavy atom. The number of pyridine rings is 1. The summed E-state index contributed by atoms with van der Waals surface area (Å²) in [5, 5.41) is 6.36. The maximum atomic E-state index is 12.4. The summed E-state index contributed by atoms with van der Waals surface area (Å²) in [7, 11) is 0. The second-order valence-electron chi connectivity index (χ2n) is 5.36. The molecule has 21 heavy (non-hydrogen) atoms. The van der Waals surface area contributed by atoms with E-state index in [2.05, 4.69) is 27.8 Å². The average Bonchev–Trinajstić information content (AvgIpc) is 3.04. The first-order chi connectivity index (χ1) is 10.3. The summed E-state index contributed by atoms with van der Waals surface area (Å²) in [5.41, 5.74) is 2.30. The molecule has 108 valence electrons. The molecule has 1 aromatic heterocycles. The van der Waals surface area contributed by atoms with Crippen LogP contribution in [0.3, 0.4) is 0 Å². The third kappa shape index (κ3) is 3.28. The van der Waals surface area contributed by atoms with E-state index >= 15 is 0 Å². The molecule has 0 aliphatic carbocycles. The van der Waals surface area contributed by atoms with Crippen molar-refractivity contribution in [1.82, 2.24) is 15.6 Å². The summed E-state index contributed by atoms with van der Waals surface area (Å²) < 4.78 is 0. The molecule has 0 saturated carbocycles. The summed E-state index contributed by atoms with van der Waals surface area (Å²) in [6.07, 6.45) is 3.48. The van der Waals surface area contributed by atoms with Crippen LogP contribution in [0.2, 0.25) is 0 Å². The highest BCUT2D eigenvalue weighted by atomic mass is 16.1. The topological polar surface area (TPSA) is 54.0 Å². The Morgan fingerprint density at radius 1 is 1.14 bits per heavy atom. The quantitative estimate of drug-likeness (QED) is 0.897. The summed E-state index contributed by atoms with van der Waals surface area (Å²) in [6, 6.07) is 14.1. The third-order valence-electron chi connectivity index (χ3n) is 3.99. The Kier molecular flexibility index (Phi) is 4.26. The van der Waals surface area contributed by atoms with Gasteiger partial charge in [0.2, 0.25) is 5.91 Å². The third-order valence-corrected chi connectivity index (χ3v) is 3.99. The van der Waals surface area contributed by atoms with Crippen molar-refractivity contribution >= 4 is 5.91 Å². The molecule has 1 aliphatic heterocycles. The number of amides is 1. The smallest absolute Gasteiger partial charge is 0.225 e. The monoisotopic (exact) mass is 281 g/mol. The number of carbonyl (C=O) groups excluding carboxylic acids is 1. The fourth-order valence-corrected chi connectivity index (χ4v) is 2.83. The van der Waals surface area contributed by atoms with Crippen molar-refractivity contribution in [2.45, 2.75) is 12.5 Å². The van der Waals surface area contributed by atoms with Crippen molar-refractivity contribution in [3.8, 4) is 0 Å². The molecule has 1 amide bonds. The molecular weight excluding hydrogens is 262 g/mol. The van der Waals surface area contributed by atoms with E-state index in [1.807, 2.05) is 30.3 Å². The number of aromatic nitrogens is 1. The molecule has 2 heterocycles. The molecule has 0 unspecified atom stereocenters. The van der Waals surface area contributed by atoms with Crippen molar-refractivity contribution in [3.05, 3.63) is 66.0 Å². The SMILES string of the molecule is O=C(NCc1ccncc1)[C@H]1CNC[C@@H]1c1ccccc1. The molecule has 1 saturated heterocycles. The van der Waals surface area contributed by atoms with E-state index in [0.29, 0.717) is 6.54 Å². The van der Waals surface area contributed by atoms with Gasteiger partial charge in [0, 0.05) is 37.9 Å². The summed E-state index contributed by atoms with van der Waals surface area (Å²) in [4.78, 5) is 16.4. The molecule has 2 aromatic rings. The van der Waals surface area contributed by atoms with E-state index in [4.69, 9.17) is 0 Å². The first kappa shape index (κ1) is 13.8. The number of benzene rings is 1. The van der Waals surface area contributed by atoms with Crippen molar-refractivity contribution in [2.24, 2.45) is 5.92 Å². The number of nitrogens with one attached hydrogen (secondary N) is 2. The first-order valence-corrected chi connectivity index (χ1v) is 7.27. The maximum absolute atomic E-state index is 12.4. The minimum absolute atomic E-state index is 0.00534. The zero-order chi connectivity index (χ0) is 14.5. The predicted octanol–water partition coefficient (Wildman–Crippen LogP) is 1.70. The Morgan fingerprint density at radius 3 is 2.67 bits per heavy atom. The maximum Gasteiger partial charge on any atom is 0.225 e. The van der Waals surface area contributed by atoms with Crippen LogP contribution in [-0.4, -0.2) is 24.0 Å². The van der Waals surface area contributed by atoms with E-state index in [-0.39, 0.29) is 17.7 Å². The van der Waals surface area contributed by atoms with Crippen LogP contribution in [0.1, 0.15) is 17.0 Å². The van der Waals surface area contributed by atoms with Gasteiger partial charge in [-0.15, -0.1) is 0 Å². The molecule has 0 spiro atoms. The first-order valence-electron chi connectivity index (χ1n) is 7.27. The predicted molar refractivity (Wildman–Crippen MR) is 81.6 cm³/mol. The zero-order valence-corrected chi connectivity index (χ0v) is 11.8. The van der Waals surface area contributed by atoms with Gasteiger partial charge >= 0.3 is 0 Å². The molecule has 4 nitrogen and oxygen atoms in total. The Hall–Kier alpha value is -2.20. The van der Waals surface area contributed by atoms with Gasteiger partial charge < -0.3 is 10.6 Å². The Bertz CT molecular complexity index is 585. The highest BCUT2D eigenvalue weighted by Crippen LogP contribution is 2.28. The lowest BCUT2D eigenvalue weighted by Crippen LogP contribution is -2.34. The number of hydrogen-bond donors (Lipinski definition) is 2. The van der Waals surface area contributed by atoms with Gasteiger partial charge in [-0.1, -0.05) is 30.3 Å². The van der Waals surface area contributed by atoms with Gasteiger partial charge in [-0.05, 0) is 23.3 Å². The molecule has 2 N–H and O–H groups in total. The fourth-order valence-electron chi connectivity index (χ4n) is 2.83. The zero-order valence-electron chi connectivity index (χ0n) is 11.8. The summed E-state index contributed by atoms with van der Waals surface area (Å²) in [5.74, 6) is 0.364.